The number of hydrogen-bond acceptors (Lipinski definition) is 3. The number of aromatic nitrogens is 2. The number of nitrogens with zero attached hydrogens (tertiary/aromatic N) is 2. The van der Waals surface area contributed by atoms with E-state index in [0.717, 1.165) is 50.2 Å². The van der Waals surface area contributed by atoms with E-state index in [4.69, 9.17) is 15.5 Å². The van der Waals surface area contributed by atoms with Gasteiger partial charge < -0.3 is 15.0 Å². The third kappa shape index (κ3) is 3.58. The topological polar surface area (TPSA) is 53.1 Å². The van der Waals surface area contributed by atoms with Crippen molar-refractivity contribution in [2.45, 2.75) is 45.2 Å². The van der Waals surface area contributed by atoms with Crippen LogP contribution in [0.15, 0.2) is 24.3 Å². The maximum absolute atomic E-state index is 6.22. The van der Waals surface area contributed by atoms with E-state index in [2.05, 4.69) is 29.7 Å². The summed E-state index contributed by atoms with van der Waals surface area (Å²) in [5.41, 5.74) is 8.51. The molecule has 1 aromatic carbocycles. The summed E-state index contributed by atoms with van der Waals surface area (Å²) >= 11 is 0. The van der Waals surface area contributed by atoms with Gasteiger partial charge in [-0.1, -0.05) is 19.1 Å². The van der Waals surface area contributed by atoms with Gasteiger partial charge in [0.15, 0.2) is 0 Å². The average molecular weight is 275 g/mol. The highest BCUT2D eigenvalue weighted by molar-refractivity contribution is 5.75. The van der Waals surface area contributed by atoms with Crippen molar-refractivity contribution in [2.75, 3.05) is 13.7 Å². The van der Waals surface area contributed by atoms with Gasteiger partial charge in [-0.25, -0.2) is 4.98 Å². The molecule has 0 saturated carbocycles. The lowest BCUT2D eigenvalue weighted by molar-refractivity contribution is 0.190. The largest absolute Gasteiger partial charge is 0.385 e. The molecular weight excluding hydrogens is 250 g/mol. The van der Waals surface area contributed by atoms with Crippen LogP contribution < -0.4 is 5.73 Å². The number of hydrogen-bond donors (Lipinski definition) is 1. The Hall–Kier alpha value is -1.39. The molecule has 0 aliphatic heterocycles. The number of benzene rings is 1. The molecule has 20 heavy (non-hydrogen) atoms. The first kappa shape index (κ1) is 15.0. The van der Waals surface area contributed by atoms with Crippen molar-refractivity contribution >= 4 is 11.0 Å². The van der Waals surface area contributed by atoms with Crippen LogP contribution in [0.2, 0.25) is 0 Å². The monoisotopic (exact) mass is 275 g/mol. The molecule has 0 aliphatic rings. The van der Waals surface area contributed by atoms with E-state index in [-0.39, 0.29) is 6.04 Å². The average Bonchev–Trinajstić information content (AvgIpc) is 2.78. The fourth-order valence-electron chi connectivity index (χ4n) is 2.58. The van der Waals surface area contributed by atoms with E-state index in [1.54, 1.807) is 7.11 Å². The summed E-state index contributed by atoms with van der Waals surface area (Å²) in [6.07, 6.45) is 3.92. The molecule has 4 nitrogen and oxygen atoms in total. The number of aryl methyl sites for hydroxylation is 1. The number of fused-ring (bicyclic) bond motifs is 1. The van der Waals surface area contributed by atoms with Gasteiger partial charge in [0.2, 0.25) is 0 Å². The van der Waals surface area contributed by atoms with E-state index in [0.29, 0.717) is 0 Å². The predicted molar refractivity (Wildman–Crippen MR) is 82.8 cm³/mol. The zero-order chi connectivity index (χ0) is 14.4. The highest BCUT2D eigenvalue weighted by Gasteiger charge is 2.13. The fourth-order valence-corrected chi connectivity index (χ4v) is 2.58. The molecule has 0 amide bonds. The fraction of sp³-hybridized carbons (Fsp3) is 0.562. The van der Waals surface area contributed by atoms with Crippen molar-refractivity contribution in [1.82, 2.24) is 9.55 Å². The number of methoxy groups -OCH3 is 1. The second kappa shape index (κ2) is 7.41. The Bertz CT molecular complexity index is 536. The quantitative estimate of drug-likeness (QED) is 0.754. The maximum Gasteiger partial charge on any atom is 0.111 e. The van der Waals surface area contributed by atoms with Crippen molar-refractivity contribution in [3.05, 3.63) is 30.1 Å². The molecule has 110 valence electrons. The van der Waals surface area contributed by atoms with Crippen molar-refractivity contribution in [3.63, 3.8) is 0 Å². The molecule has 0 aliphatic carbocycles. The van der Waals surface area contributed by atoms with Crippen LogP contribution in [0, 0.1) is 0 Å². The molecule has 4 heteroatoms. The molecule has 1 atom stereocenters. The lowest BCUT2D eigenvalue weighted by Gasteiger charge is -2.13. The van der Waals surface area contributed by atoms with Crippen LogP contribution in [0.1, 0.15) is 32.0 Å². The molecule has 2 N–H and O–H groups in total. The minimum Gasteiger partial charge on any atom is -0.385 e. The molecule has 0 radical (unpaired) electrons. The molecule has 0 fully saturated rings. The first-order chi connectivity index (χ1) is 9.76. The van der Waals surface area contributed by atoms with Crippen molar-refractivity contribution in [3.8, 4) is 0 Å². The van der Waals surface area contributed by atoms with Crippen LogP contribution in [0.3, 0.4) is 0 Å². The third-order valence-electron chi connectivity index (χ3n) is 3.55. The molecule has 1 heterocycles. The number of ether oxygens (including phenoxy) is 1. The Kier molecular flexibility index (Phi) is 5.56. The van der Waals surface area contributed by atoms with Gasteiger partial charge in [0.1, 0.15) is 5.82 Å². The van der Waals surface area contributed by atoms with Crippen LogP contribution in [-0.2, 0) is 17.7 Å². The summed E-state index contributed by atoms with van der Waals surface area (Å²) in [5, 5.41) is 0. The number of imidazole rings is 1. The Morgan fingerprint density at radius 3 is 2.90 bits per heavy atom. The van der Waals surface area contributed by atoms with E-state index >= 15 is 0 Å². The minimum absolute atomic E-state index is 0.151. The summed E-state index contributed by atoms with van der Waals surface area (Å²) in [4.78, 5) is 4.75. The highest BCUT2D eigenvalue weighted by atomic mass is 16.5. The van der Waals surface area contributed by atoms with Crippen LogP contribution >= 0.6 is 0 Å². The smallest absolute Gasteiger partial charge is 0.111 e. The summed E-state index contributed by atoms with van der Waals surface area (Å²) in [6, 6.07) is 8.46. The van der Waals surface area contributed by atoms with Crippen LogP contribution in [0.4, 0.5) is 0 Å². The van der Waals surface area contributed by atoms with Crippen LogP contribution in [0.25, 0.3) is 11.0 Å². The van der Waals surface area contributed by atoms with Crippen molar-refractivity contribution < 1.29 is 4.74 Å². The van der Waals surface area contributed by atoms with Crippen molar-refractivity contribution in [2.24, 2.45) is 5.73 Å². The Morgan fingerprint density at radius 2 is 2.15 bits per heavy atom. The lowest BCUT2D eigenvalue weighted by atomic mass is 10.1. The van der Waals surface area contributed by atoms with E-state index in [9.17, 15) is 0 Å². The van der Waals surface area contributed by atoms with Gasteiger partial charge >= 0.3 is 0 Å². The lowest BCUT2D eigenvalue weighted by Crippen LogP contribution is -2.25. The third-order valence-corrected chi connectivity index (χ3v) is 3.55. The zero-order valence-corrected chi connectivity index (χ0v) is 12.5. The van der Waals surface area contributed by atoms with Gasteiger partial charge in [-0.15, -0.1) is 0 Å². The number of nitrogens with two attached hydrogens (primary N) is 1. The molecule has 1 aromatic heterocycles. The first-order valence-electron chi connectivity index (χ1n) is 7.45. The van der Waals surface area contributed by atoms with Gasteiger partial charge in [0.05, 0.1) is 11.0 Å². The van der Waals surface area contributed by atoms with Crippen LogP contribution in [-0.4, -0.2) is 29.3 Å². The molecule has 0 spiro atoms. The van der Waals surface area contributed by atoms with E-state index in [1.807, 2.05) is 6.07 Å². The summed E-state index contributed by atoms with van der Waals surface area (Å²) < 4.78 is 7.39. The normalized spacial score (nSPS) is 12.9. The molecular formula is C16H25N3O. The molecule has 0 bridgehead atoms. The standard InChI is InChI=1S/C16H25N3O/c1-3-10-19-15-9-5-4-8-14(15)18-16(19)12-13(17)7-6-11-20-2/h4-5,8-9,13H,3,6-7,10-12,17H2,1-2H3. The second-order valence-electron chi connectivity index (χ2n) is 5.27. The second-order valence-corrected chi connectivity index (χ2v) is 5.27. The zero-order valence-electron chi connectivity index (χ0n) is 12.5. The van der Waals surface area contributed by atoms with E-state index < -0.39 is 0 Å². The number of rotatable bonds is 8. The van der Waals surface area contributed by atoms with Gasteiger partial charge in [-0.2, -0.15) is 0 Å². The summed E-state index contributed by atoms with van der Waals surface area (Å²) in [5.74, 6) is 1.11. The first-order valence-corrected chi connectivity index (χ1v) is 7.45. The summed E-state index contributed by atoms with van der Waals surface area (Å²) in [7, 11) is 1.73. The van der Waals surface area contributed by atoms with Crippen LogP contribution in [0.5, 0.6) is 0 Å². The van der Waals surface area contributed by atoms with Gasteiger partial charge in [-0.05, 0) is 31.4 Å². The number of para-hydroxylation sites is 2. The SMILES string of the molecule is CCCn1c(CC(N)CCCOC)nc2ccccc21. The molecule has 2 aromatic rings. The predicted octanol–water partition coefficient (Wildman–Crippen LogP) is 2.74. The van der Waals surface area contributed by atoms with Gasteiger partial charge in [0.25, 0.3) is 0 Å². The Morgan fingerprint density at radius 1 is 1.35 bits per heavy atom. The van der Waals surface area contributed by atoms with Gasteiger partial charge in [0, 0.05) is 32.7 Å². The highest BCUT2D eigenvalue weighted by Crippen LogP contribution is 2.18. The summed E-state index contributed by atoms with van der Waals surface area (Å²) in [6.45, 7) is 3.97. The Balaban J connectivity index is 2.13. The molecule has 2 rings (SSSR count). The Labute approximate surface area is 120 Å². The minimum atomic E-state index is 0.151. The van der Waals surface area contributed by atoms with E-state index in [1.165, 1.54) is 5.52 Å². The van der Waals surface area contributed by atoms with Gasteiger partial charge in [-0.3, -0.25) is 0 Å². The molecule has 1 unspecified atom stereocenters. The van der Waals surface area contributed by atoms with Crippen molar-refractivity contribution in [1.29, 1.82) is 0 Å². The maximum atomic E-state index is 6.22. The molecule has 0 saturated heterocycles.